The lowest BCUT2D eigenvalue weighted by atomic mass is 9.92. The monoisotopic (exact) mass is 420 g/mol. The van der Waals surface area contributed by atoms with Crippen LogP contribution in [0, 0.1) is 10.1 Å². The van der Waals surface area contributed by atoms with Gasteiger partial charge in [0.1, 0.15) is 11.4 Å². The Morgan fingerprint density at radius 3 is 2.52 bits per heavy atom. The molecule has 0 aliphatic carbocycles. The average molecular weight is 420 g/mol. The van der Waals surface area contributed by atoms with Gasteiger partial charge in [-0.15, -0.1) is 0 Å². The van der Waals surface area contributed by atoms with Crippen LogP contribution in [0.15, 0.2) is 66.7 Å². The summed E-state index contributed by atoms with van der Waals surface area (Å²) in [5, 5.41) is 14.5. The number of benzene rings is 3. The Balaban J connectivity index is 1.72. The number of hydrogen-bond acceptors (Lipinski definition) is 7. The summed E-state index contributed by atoms with van der Waals surface area (Å²) in [7, 11) is 2.81. The van der Waals surface area contributed by atoms with Gasteiger partial charge in [0, 0.05) is 30.5 Å². The molecule has 0 fully saturated rings. The van der Waals surface area contributed by atoms with Crippen LogP contribution in [0.2, 0.25) is 0 Å². The number of nitro benzene ring substituents is 1. The maximum absolute atomic E-state index is 12.1. The highest BCUT2D eigenvalue weighted by Crippen LogP contribution is 2.44. The first-order chi connectivity index (χ1) is 15.0. The second-order valence-corrected chi connectivity index (χ2v) is 6.94. The molecule has 0 saturated heterocycles. The highest BCUT2D eigenvalue weighted by molar-refractivity contribution is 5.99. The van der Waals surface area contributed by atoms with E-state index in [0.717, 1.165) is 11.1 Å². The number of nitrogens with zero attached hydrogens (tertiary/aromatic N) is 1. The fraction of sp³-hybridized carbons (Fsp3) is 0.174. The van der Waals surface area contributed by atoms with Crippen LogP contribution >= 0.6 is 0 Å². The van der Waals surface area contributed by atoms with Crippen molar-refractivity contribution in [1.29, 1.82) is 0 Å². The molecule has 1 heterocycles. The Morgan fingerprint density at radius 2 is 1.84 bits per heavy atom. The lowest BCUT2D eigenvalue weighted by Gasteiger charge is -2.17. The molecule has 0 bridgehead atoms. The van der Waals surface area contributed by atoms with E-state index >= 15 is 0 Å². The maximum Gasteiger partial charge on any atom is 0.340 e. The summed E-state index contributed by atoms with van der Waals surface area (Å²) in [5.74, 6) is -0.178. The minimum absolute atomic E-state index is 0.0557. The number of ether oxygens (including phenoxy) is 3. The third-order valence-corrected chi connectivity index (χ3v) is 5.17. The van der Waals surface area contributed by atoms with Crippen LogP contribution < -0.4 is 10.1 Å². The molecule has 4 rings (SSSR count). The van der Waals surface area contributed by atoms with Crippen LogP contribution in [0.1, 0.15) is 27.4 Å². The SMILES string of the molecule is COC(=O)c1cccc([N+](=O)[O-])c1Nc1ccc2c(c1)OC(OC)C2c1ccccc1. The molecule has 2 unspecified atom stereocenters. The molecule has 1 aliphatic rings. The highest BCUT2D eigenvalue weighted by atomic mass is 16.7. The topological polar surface area (TPSA) is 99.9 Å². The fourth-order valence-corrected chi connectivity index (χ4v) is 3.74. The Morgan fingerprint density at radius 1 is 1.06 bits per heavy atom. The number of rotatable bonds is 6. The van der Waals surface area contributed by atoms with Gasteiger partial charge in [0.2, 0.25) is 6.29 Å². The zero-order chi connectivity index (χ0) is 22.0. The molecule has 0 aromatic heterocycles. The molecular weight excluding hydrogens is 400 g/mol. The van der Waals surface area contributed by atoms with Crippen molar-refractivity contribution in [2.75, 3.05) is 19.5 Å². The van der Waals surface area contributed by atoms with E-state index in [2.05, 4.69) is 5.32 Å². The standard InChI is InChI=1S/C23H20N2O6/c1-29-22(26)17-9-6-10-18(25(27)28)21(17)24-15-11-12-16-19(13-15)31-23(30-2)20(16)14-7-4-3-5-8-14/h3-13,20,23-24H,1-2H3. The molecule has 8 heteroatoms. The van der Waals surface area contributed by atoms with Gasteiger partial charge in [-0.1, -0.05) is 42.5 Å². The van der Waals surface area contributed by atoms with E-state index in [1.54, 1.807) is 19.2 Å². The van der Waals surface area contributed by atoms with Gasteiger partial charge < -0.3 is 19.5 Å². The minimum Gasteiger partial charge on any atom is -0.465 e. The molecule has 1 N–H and O–H groups in total. The van der Waals surface area contributed by atoms with Gasteiger partial charge >= 0.3 is 5.97 Å². The van der Waals surface area contributed by atoms with Crippen molar-refractivity contribution < 1.29 is 23.9 Å². The second-order valence-electron chi connectivity index (χ2n) is 6.94. The lowest BCUT2D eigenvalue weighted by molar-refractivity contribution is -0.383. The molecule has 8 nitrogen and oxygen atoms in total. The number of anilines is 2. The molecule has 158 valence electrons. The number of nitro groups is 1. The van der Waals surface area contributed by atoms with Gasteiger partial charge in [0.15, 0.2) is 0 Å². The number of para-hydroxylation sites is 1. The van der Waals surface area contributed by atoms with E-state index < -0.39 is 17.2 Å². The Kier molecular flexibility index (Phi) is 5.55. The van der Waals surface area contributed by atoms with Crippen molar-refractivity contribution in [3.8, 4) is 5.75 Å². The van der Waals surface area contributed by atoms with Crippen LogP contribution in [0.25, 0.3) is 0 Å². The number of carbonyl (C=O) groups is 1. The first-order valence-corrected chi connectivity index (χ1v) is 9.54. The van der Waals surface area contributed by atoms with Gasteiger partial charge in [-0.3, -0.25) is 10.1 Å². The van der Waals surface area contributed by atoms with Crippen LogP contribution in [0.4, 0.5) is 17.1 Å². The summed E-state index contributed by atoms with van der Waals surface area (Å²) >= 11 is 0. The number of methoxy groups -OCH3 is 2. The third-order valence-electron chi connectivity index (χ3n) is 5.17. The van der Waals surface area contributed by atoms with Crippen molar-refractivity contribution >= 4 is 23.0 Å². The van der Waals surface area contributed by atoms with Crippen molar-refractivity contribution in [2.24, 2.45) is 0 Å². The van der Waals surface area contributed by atoms with Crippen molar-refractivity contribution in [2.45, 2.75) is 12.2 Å². The van der Waals surface area contributed by atoms with Crippen molar-refractivity contribution in [1.82, 2.24) is 0 Å². The predicted molar refractivity (Wildman–Crippen MR) is 114 cm³/mol. The number of esters is 1. The van der Waals surface area contributed by atoms with Gasteiger partial charge in [0.25, 0.3) is 5.69 Å². The van der Waals surface area contributed by atoms with Gasteiger partial charge in [0.05, 0.1) is 23.5 Å². The van der Waals surface area contributed by atoms with E-state index in [1.165, 1.54) is 25.3 Å². The number of nitrogens with one attached hydrogen (secondary N) is 1. The van der Waals surface area contributed by atoms with E-state index in [4.69, 9.17) is 14.2 Å². The third kappa shape index (κ3) is 3.80. The lowest BCUT2D eigenvalue weighted by Crippen LogP contribution is -2.21. The maximum atomic E-state index is 12.1. The van der Waals surface area contributed by atoms with E-state index in [0.29, 0.717) is 11.4 Å². The Bertz CT molecular complexity index is 1130. The summed E-state index contributed by atoms with van der Waals surface area (Å²) in [6.07, 6.45) is -0.496. The first-order valence-electron chi connectivity index (χ1n) is 9.54. The highest BCUT2D eigenvalue weighted by Gasteiger charge is 2.36. The molecule has 2 atom stereocenters. The van der Waals surface area contributed by atoms with Gasteiger partial charge in [-0.25, -0.2) is 4.79 Å². The molecule has 31 heavy (non-hydrogen) atoms. The summed E-state index contributed by atoms with van der Waals surface area (Å²) in [6, 6.07) is 19.5. The fourth-order valence-electron chi connectivity index (χ4n) is 3.74. The van der Waals surface area contributed by atoms with Gasteiger partial charge in [-0.2, -0.15) is 0 Å². The van der Waals surface area contributed by atoms with Crippen molar-refractivity contribution in [3.05, 3.63) is 93.5 Å². The molecule has 0 amide bonds. The molecule has 3 aromatic rings. The minimum atomic E-state index is -0.674. The zero-order valence-corrected chi connectivity index (χ0v) is 16.9. The van der Waals surface area contributed by atoms with Crippen LogP contribution in [-0.2, 0) is 9.47 Å². The number of carbonyl (C=O) groups excluding carboxylic acids is 1. The molecule has 0 radical (unpaired) electrons. The number of hydrogen-bond donors (Lipinski definition) is 1. The Labute approximate surface area is 178 Å². The molecule has 0 spiro atoms. The average Bonchev–Trinajstić information content (AvgIpc) is 3.17. The van der Waals surface area contributed by atoms with E-state index in [-0.39, 0.29) is 22.9 Å². The number of fused-ring (bicyclic) bond motifs is 1. The first kappa shape index (κ1) is 20.4. The van der Waals surface area contributed by atoms with E-state index in [9.17, 15) is 14.9 Å². The predicted octanol–water partition coefficient (Wildman–Crippen LogP) is 4.62. The summed E-state index contributed by atoms with van der Waals surface area (Å²) in [4.78, 5) is 23.1. The van der Waals surface area contributed by atoms with Crippen LogP contribution in [0.5, 0.6) is 5.75 Å². The normalized spacial score (nSPS) is 16.8. The van der Waals surface area contributed by atoms with Crippen molar-refractivity contribution in [3.63, 3.8) is 0 Å². The molecule has 1 aliphatic heterocycles. The molecule has 0 saturated carbocycles. The smallest absolute Gasteiger partial charge is 0.340 e. The van der Waals surface area contributed by atoms with Gasteiger partial charge in [-0.05, 0) is 17.7 Å². The second kappa shape index (κ2) is 8.45. The van der Waals surface area contributed by atoms with Crippen LogP contribution in [-0.4, -0.2) is 31.4 Å². The summed E-state index contributed by atoms with van der Waals surface area (Å²) in [5.41, 5.74) is 2.41. The van der Waals surface area contributed by atoms with E-state index in [1.807, 2.05) is 36.4 Å². The molecular formula is C23H20N2O6. The largest absolute Gasteiger partial charge is 0.465 e. The van der Waals surface area contributed by atoms with Crippen LogP contribution in [0.3, 0.4) is 0 Å². The summed E-state index contributed by atoms with van der Waals surface area (Å²) < 4.78 is 16.3. The summed E-state index contributed by atoms with van der Waals surface area (Å²) in [6.45, 7) is 0. The quantitative estimate of drug-likeness (QED) is 0.353. The Hall–Kier alpha value is -3.91. The zero-order valence-electron chi connectivity index (χ0n) is 16.9. The molecule has 3 aromatic carbocycles.